The topological polar surface area (TPSA) is 23.1 Å². The maximum atomic E-state index is 10.9. The van der Waals surface area contributed by atoms with Gasteiger partial charge in [0.05, 0.1) is 0 Å². The molecule has 9 heavy (non-hydrogen) atoms. The zero-order valence-electron chi connectivity index (χ0n) is 5.42. The van der Waals surface area contributed by atoms with Gasteiger partial charge in [0.1, 0.15) is 0 Å². The maximum absolute atomic E-state index is 10.9. The lowest BCUT2D eigenvalue weighted by Gasteiger charge is -2.09. The fraction of sp³-hybridized carbons (Fsp3) is 0.250. The molecule has 0 saturated carbocycles. The van der Waals surface area contributed by atoms with E-state index in [-0.39, 0.29) is 5.76 Å². The summed E-state index contributed by atoms with van der Waals surface area (Å²) >= 11 is 0. The summed E-state index contributed by atoms with van der Waals surface area (Å²) in [5, 5.41) is 10.9. The molecule has 0 N–H and O–H groups in total. The molecule has 1 nitrogen and oxygen atoms in total. The molecule has 0 spiro atoms. The Bertz CT molecular complexity index is 171. The Kier molecular flexibility index (Phi) is 1.73. The highest BCUT2D eigenvalue weighted by atomic mass is 16.3. The van der Waals surface area contributed by atoms with Crippen LogP contribution in [0, 0.1) is 0 Å². The van der Waals surface area contributed by atoms with Gasteiger partial charge in [-0.25, -0.2) is 0 Å². The molecule has 0 amide bonds. The summed E-state index contributed by atoms with van der Waals surface area (Å²) in [5.74, 6) is 0.222. The van der Waals surface area contributed by atoms with Crippen LogP contribution in [0.1, 0.15) is 13.3 Å². The molecule has 0 radical (unpaired) electrons. The van der Waals surface area contributed by atoms with Crippen molar-refractivity contribution >= 4 is 0 Å². The molecular weight excluding hydrogens is 112 g/mol. The maximum Gasteiger partial charge on any atom is -0.0376 e. The third-order valence-electron chi connectivity index (χ3n) is 1.31. The van der Waals surface area contributed by atoms with Crippen LogP contribution in [0.3, 0.4) is 0 Å². The van der Waals surface area contributed by atoms with E-state index in [0.29, 0.717) is 6.42 Å². The molecule has 0 saturated heterocycles. The number of hydrogen-bond acceptors (Lipinski definition) is 1. The van der Waals surface area contributed by atoms with Crippen molar-refractivity contribution in [2.75, 3.05) is 0 Å². The largest absolute Gasteiger partial charge is 0.875 e. The van der Waals surface area contributed by atoms with Crippen molar-refractivity contribution in [3.05, 3.63) is 35.6 Å². The van der Waals surface area contributed by atoms with Gasteiger partial charge >= 0.3 is 0 Å². The molecule has 0 aromatic carbocycles. The van der Waals surface area contributed by atoms with E-state index in [1.807, 2.05) is 31.2 Å². The Morgan fingerprint density at radius 1 is 1.44 bits per heavy atom. The minimum absolute atomic E-state index is 0.222. The first-order valence-electron chi connectivity index (χ1n) is 3.09. The molecule has 1 rings (SSSR count). The van der Waals surface area contributed by atoms with Crippen molar-refractivity contribution in [1.29, 1.82) is 0 Å². The van der Waals surface area contributed by atoms with Crippen LogP contribution in [0.25, 0.3) is 0 Å². The lowest BCUT2D eigenvalue weighted by Crippen LogP contribution is -2.03. The van der Waals surface area contributed by atoms with Gasteiger partial charge in [-0.05, 0) is 12.0 Å². The second kappa shape index (κ2) is 2.53. The molecule has 0 unspecified atom stereocenters. The Morgan fingerprint density at radius 2 is 2.00 bits per heavy atom. The smallest absolute Gasteiger partial charge is 0.0376 e. The van der Waals surface area contributed by atoms with Crippen LogP contribution in [-0.4, -0.2) is 0 Å². The van der Waals surface area contributed by atoms with Crippen LogP contribution in [0.2, 0.25) is 0 Å². The summed E-state index contributed by atoms with van der Waals surface area (Å²) in [5.41, 5.74) is 0.831. The molecule has 0 aromatic rings. The van der Waals surface area contributed by atoms with Crippen LogP contribution < -0.4 is 5.11 Å². The average Bonchev–Trinajstić information content (AvgIpc) is 2.37. The quantitative estimate of drug-likeness (QED) is 0.477. The molecule has 0 atom stereocenters. The van der Waals surface area contributed by atoms with Crippen LogP contribution in [0.15, 0.2) is 35.6 Å². The molecule has 48 valence electrons. The van der Waals surface area contributed by atoms with Gasteiger partial charge in [-0.15, -0.1) is 5.76 Å². The molecule has 0 bridgehead atoms. The van der Waals surface area contributed by atoms with Crippen molar-refractivity contribution in [2.24, 2.45) is 0 Å². The summed E-state index contributed by atoms with van der Waals surface area (Å²) in [6.45, 7) is 1.87. The van der Waals surface area contributed by atoms with E-state index in [1.54, 1.807) is 0 Å². The highest BCUT2D eigenvalue weighted by molar-refractivity contribution is 5.41. The Balaban J connectivity index is 2.81. The van der Waals surface area contributed by atoms with Crippen LogP contribution >= 0.6 is 0 Å². The molecule has 0 aromatic heterocycles. The summed E-state index contributed by atoms with van der Waals surface area (Å²) < 4.78 is 0. The zero-order valence-corrected chi connectivity index (χ0v) is 5.42. The second-order valence-electron chi connectivity index (χ2n) is 1.95. The summed E-state index contributed by atoms with van der Waals surface area (Å²) in [4.78, 5) is 0. The van der Waals surface area contributed by atoms with Gasteiger partial charge in [-0.2, -0.15) is 0 Å². The van der Waals surface area contributed by atoms with Crippen molar-refractivity contribution < 1.29 is 5.11 Å². The molecule has 1 aliphatic rings. The Morgan fingerprint density at radius 3 is 2.44 bits per heavy atom. The van der Waals surface area contributed by atoms with Gasteiger partial charge in [0, 0.05) is 0 Å². The SMILES string of the molecule is CCC([O-])=C1C=CC=C1. The number of rotatable bonds is 1. The van der Waals surface area contributed by atoms with Gasteiger partial charge in [0.25, 0.3) is 0 Å². The van der Waals surface area contributed by atoms with Gasteiger partial charge in [-0.1, -0.05) is 31.2 Å². The van der Waals surface area contributed by atoms with Gasteiger partial charge < -0.3 is 5.11 Å². The first-order valence-corrected chi connectivity index (χ1v) is 3.09. The van der Waals surface area contributed by atoms with E-state index < -0.39 is 0 Å². The minimum Gasteiger partial charge on any atom is -0.875 e. The first-order chi connectivity index (χ1) is 4.34. The van der Waals surface area contributed by atoms with Crippen LogP contribution in [0.4, 0.5) is 0 Å². The van der Waals surface area contributed by atoms with E-state index in [1.165, 1.54) is 0 Å². The van der Waals surface area contributed by atoms with Crippen molar-refractivity contribution in [1.82, 2.24) is 0 Å². The Labute approximate surface area is 55.0 Å². The fourth-order valence-corrected chi connectivity index (χ4v) is 0.764. The number of allylic oxidation sites excluding steroid dienone is 6. The van der Waals surface area contributed by atoms with Gasteiger partial charge in [0.15, 0.2) is 0 Å². The molecule has 0 aliphatic heterocycles. The summed E-state index contributed by atoms with van der Waals surface area (Å²) in [6.07, 6.45) is 8.04. The number of hydrogen-bond donors (Lipinski definition) is 0. The highest BCUT2D eigenvalue weighted by Gasteiger charge is 1.90. The highest BCUT2D eigenvalue weighted by Crippen LogP contribution is 2.10. The molecule has 0 heterocycles. The van der Waals surface area contributed by atoms with E-state index in [4.69, 9.17) is 0 Å². The van der Waals surface area contributed by atoms with Crippen molar-refractivity contribution in [3.63, 3.8) is 0 Å². The second-order valence-corrected chi connectivity index (χ2v) is 1.95. The Hall–Kier alpha value is -0.980. The minimum atomic E-state index is 0.222. The molecule has 1 aliphatic carbocycles. The van der Waals surface area contributed by atoms with E-state index in [2.05, 4.69) is 0 Å². The summed E-state index contributed by atoms with van der Waals surface area (Å²) in [6, 6.07) is 0. The standard InChI is InChI=1S/C8H10O/c1-2-8(9)7-5-3-4-6-7/h3-6,9H,2H2,1H3/p-1. The monoisotopic (exact) mass is 121 g/mol. The van der Waals surface area contributed by atoms with E-state index in [9.17, 15) is 5.11 Å². The average molecular weight is 121 g/mol. The van der Waals surface area contributed by atoms with E-state index in [0.717, 1.165) is 5.57 Å². The van der Waals surface area contributed by atoms with E-state index >= 15 is 0 Å². The molecule has 0 fully saturated rings. The van der Waals surface area contributed by atoms with Crippen molar-refractivity contribution in [3.8, 4) is 0 Å². The molecule has 1 heteroatoms. The third-order valence-corrected chi connectivity index (χ3v) is 1.31. The lowest BCUT2D eigenvalue weighted by atomic mass is 10.2. The normalized spacial score (nSPS) is 15.0. The third kappa shape index (κ3) is 1.22. The zero-order chi connectivity index (χ0) is 6.69. The predicted molar refractivity (Wildman–Crippen MR) is 35.6 cm³/mol. The van der Waals surface area contributed by atoms with Crippen LogP contribution in [-0.2, 0) is 0 Å². The lowest BCUT2D eigenvalue weighted by molar-refractivity contribution is -0.307. The summed E-state index contributed by atoms with van der Waals surface area (Å²) in [7, 11) is 0. The van der Waals surface area contributed by atoms with Crippen LogP contribution in [0.5, 0.6) is 0 Å². The van der Waals surface area contributed by atoms with Gasteiger partial charge in [-0.3, -0.25) is 0 Å². The first kappa shape index (κ1) is 6.14. The fourth-order valence-electron chi connectivity index (χ4n) is 0.764. The van der Waals surface area contributed by atoms with Gasteiger partial charge in [0.2, 0.25) is 0 Å². The molecular formula is C8H9O-. The predicted octanol–water partition coefficient (Wildman–Crippen LogP) is 1.14. The van der Waals surface area contributed by atoms with Crippen molar-refractivity contribution in [2.45, 2.75) is 13.3 Å².